The first-order valence-electron chi connectivity index (χ1n) is 5.45. The van der Waals surface area contributed by atoms with Gasteiger partial charge in [-0.1, -0.05) is 53.6 Å². The molecule has 0 atom stereocenters. The highest BCUT2D eigenvalue weighted by molar-refractivity contribution is 6.33. The minimum atomic E-state index is 0.0303. The van der Waals surface area contributed by atoms with Crippen LogP contribution in [-0.4, -0.2) is 5.78 Å². The van der Waals surface area contributed by atoms with Gasteiger partial charge >= 0.3 is 0 Å². The van der Waals surface area contributed by atoms with Gasteiger partial charge in [0.2, 0.25) is 0 Å². The zero-order valence-corrected chi connectivity index (χ0v) is 10.6. The minimum Gasteiger partial charge on any atom is -0.295 e. The Bertz CT molecular complexity index is 573. The standard InChI is InChI=1S/C15H13ClO/c1-10-4-3-5-13(8-10)14-7-6-12(11(2)17)9-15(14)16/h3-9H,1-2H3. The van der Waals surface area contributed by atoms with Gasteiger partial charge in [-0.05, 0) is 25.5 Å². The van der Waals surface area contributed by atoms with Crippen LogP contribution in [0.4, 0.5) is 0 Å². The van der Waals surface area contributed by atoms with Gasteiger partial charge in [-0.15, -0.1) is 0 Å². The fourth-order valence-corrected chi connectivity index (χ4v) is 2.07. The number of rotatable bonds is 2. The third-order valence-electron chi connectivity index (χ3n) is 2.70. The average Bonchev–Trinajstić information content (AvgIpc) is 2.28. The Hall–Kier alpha value is -1.60. The molecule has 2 heteroatoms. The van der Waals surface area contributed by atoms with Crippen LogP contribution in [0.1, 0.15) is 22.8 Å². The fraction of sp³-hybridized carbons (Fsp3) is 0.133. The molecule has 1 nitrogen and oxygen atoms in total. The second kappa shape index (κ2) is 4.72. The van der Waals surface area contributed by atoms with Crippen LogP contribution in [0.15, 0.2) is 42.5 Å². The van der Waals surface area contributed by atoms with E-state index in [0.717, 1.165) is 11.1 Å². The van der Waals surface area contributed by atoms with Crippen molar-refractivity contribution in [1.82, 2.24) is 0 Å². The smallest absolute Gasteiger partial charge is 0.159 e. The lowest BCUT2D eigenvalue weighted by Crippen LogP contribution is -1.92. The predicted molar refractivity (Wildman–Crippen MR) is 71.6 cm³/mol. The number of carbonyl (C=O) groups is 1. The summed E-state index contributed by atoms with van der Waals surface area (Å²) in [5.41, 5.74) is 3.87. The molecule has 0 saturated heterocycles. The molecule has 0 unspecified atom stereocenters. The van der Waals surface area contributed by atoms with Gasteiger partial charge in [-0.3, -0.25) is 4.79 Å². The number of halogens is 1. The summed E-state index contributed by atoms with van der Waals surface area (Å²) >= 11 is 6.21. The lowest BCUT2D eigenvalue weighted by molar-refractivity contribution is 0.101. The highest BCUT2D eigenvalue weighted by atomic mass is 35.5. The van der Waals surface area contributed by atoms with E-state index in [-0.39, 0.29) is 5.78 Å². The van der Waals surface area contributed by atoms with Crippen LogP contribution in [0.3, 0.4) is 0 Å². The summed E-state index contributed by atoms with van der Waals surface area (Å²) < 4.78 is 0. The molecule has 2 rings (SSSR count). The number of Topliss-reactive ketones (excluding diaryl/α,β-unsaturated/α-hetero) is 1. The van der Waals surface area contributed by atoms with Gasteiger partial charge in [0.25, 0.3) is 0 Å². The largest absolute Gasteiger partial charge is 0.295 e. The molecule has 0 saturated carbocycles. The first-order valence-corrected chi connectivity index (χ1v) is 5.83. The van der Waals surface area contributed by atoms with Gasteiger partial charge in [0.15, 0.2) is 5.78 Å². The lowest BCUT2D eigenvalue weighted by Gasteiger charge is -2.06. The number of carbonyl (C=O) groups excluding carboxylic acids is 1. The maximum atomic E-state index is 11.2. The molecule has 0 N–H and O–H groups in total. The van der Waals surface area contributed by atoms with Gasteiger partial charge in [-0.25, -0.2) is 0 Å². The first-order chi connectivity index (χ1) is 8.08. The van der Waals surface area contributed by atoms with Crippen molar-refractivity contribution in [3.05, 3.63) is 58.6 Å². The molecule has 0 aliphatic heterocycles. The zero-order chi connectivity index (χ0) is 12.4. The van der Waals surface area contributed by atoms with Gasteiger partial charge in [0, 0.05) is 16.1 Å². The van der Waals surface area contributed by atoms with E-state index < -0.39 is 0 Å². The van der Waals surface area contributed by atoms with E-state index in [1.807, 2.05) is 37.3 Å². The van der Waals surface area contributed by atoms with Crippen LogP contribution in [0.25, 0.3) is 11.1 Å². The maximum Gasteiger partial charge on any atom is 0.159 e. The topological polar surface area (TPSA) is 17.1 Å². The van der Waals surface area contributed by atoms with Crippen molar-refractivity contribution in [1.29, 1.82) is 0 Å². The molecule has 0 aromatic heterocycles. The van der Waals surface area contributed by atoms with E-state index in [1.54, 1.807) is 6.07 Å². The maximum absolute atomic E-state index is 11.2. The Morgan fingerprint density at radius 1 is 1.12 bits per heavy atom. The molecule has 0 radical (unpaired) electrons. The molecule has 0 spiro atoms. The van der Waals surface area contributed by atoms with Crippen LogP contribution in [0.2, 0.25) is 5.02 Å². The zero-order valence-electron chi connectivity index (χ0n) is 9.83. The second-order valence-corrected chi connectivity index (χ2v) is 4.53. The molecule has 17 heavy (non-hydrogen) atoms. The van der Waals surface area contributed by atoms with Crippen molar-refractivity contribution in [3.8, 4) is 11.1 Å². The summed E-state index contributed by atoms with van der Waals surface area (Å²) in [6, 6.07) is 13.6. The van der Waals surface area contributed by atoms with Crippen LogP contribution < -0.4 is 0 Å². The first kappa shape index (κ1) is 11.9. The molecular weight excluding hydrogens is 232 g/mol. The van der Waals surface area contributed by atoms with Crippen molar-refractivity contribution in [3.63, 3.8) is 0 Å². The number of hydrogen-bond acceptors (Lipinski definition) is 1. The SMILES string of the molecule is CC(=O)c1ccc(-c2cccc(C)c2)c(Cl)c1. The van der Waals surface area contributed by atoms with Gasteiger partial charge < -0.3 is 0 Å². The van der Waals surface area contributed by atoms with Crippen molar-refractivity contribution < 1.29 is 4.79 Å². The molecule has 0 aliphatic rings. The summed E-state index contributed by atoms with van der Waals surface area (Å²) in [6.07, 6.45) is 0. The summed E-state index contributed by atoms with van der Waals surface area (Å²) in [5, 5.41) is 0.614. The summed E-state index contributed by atoms with van der Waals surface area (Å²) in [7, 11) is 0. The van der Waals surface area contributed by atoms with Crippen molar-refractivity contribution in [2.75, 3.05) is 0 Å². The minimum absolute atomic E-state index is 0.0303. The Morgan fingerprint density at radius 3 is 2.47 bits per heavy atom. The Labute approximate surface area is 106 Å². The van der Waals surface area contributed by atoms with Gasteiger partial charge in [0.05, 0.1) is 0 Å². The van der Waals surface area contributed by atoms with Crippen LogP contribution in [0.5, 0.6) is 0 Å². The van der Waals surface area contributed by atoms with Crippen molar-refractivity contribution in [2.24, 2.45) is 0 Å². The molecule has 0 bridgehead atoms. The molecule has 86 valence electrons. The van der Waals surface area contributed by atoms with Crippen molar-refractivity contribution >= 4 is 17.4 Å². The van der Waals surface area contributed by atoms with Gasteiger partial charge in [-0.2, -0.15) is 0 Å². The van der Waals surface area contributed by atoms with E-state index in [9.17, 15) is 4.79 Å². The fourth-order valence-electron chi connectivity index (χ4n) is 1.78. The van der Waals surface area contributed by atoms with E-state index in [1.165, 1.54) is 12.5 Å². The summed E-state index contributed by atoms with van der Waals surface area (Å²) in [6.45, 7) is 3.58. The summed E-state index contributed by atoms with van der Waals surface area (Å²) in [5.74, 6) is 0.0303. The van der Waals surface area contributed by atoms with Gasteiger partial charge in [0.1, 0.15) is 0 Å². The lowest BCUT2D eigenvalue weighted by atomic mass is 10.0. The molecular formula is C15H13ClO. The highest BCUT2D eigenvalue weighted by Gasteiger charge is 2.06. The predicted octanol–water partition coefficient (Wildman–Crippen LogP) is 4.52. The Balaban J connectivity index is 2.50. The third-order valence-corrected chi connectivity index (χ3v) is 3.02. The second-order valence-electron chi connectivity index (χ2n) is 4.12. The van der Waals surface area contributed by atoms with E-state index in [4.69, 9.17) is 11.6 Å². The van der Waals surface area contributed by atoms with E-state index in [0.29, 0.717) is 10.6 Å². The molecule has 0 aliphatic carbocycles. The summed E-state index contributed by atoms with van der Waals surface area (Å²) in [4.78, 5) is 11.2. The monoisotopic (exact) mass is 244 g/mol. The van der Waals surface area contributed by atoms with E-state index in [2.05, 4.69) is 6.07 Å². The number of benzene rings is 2. The third kappa shape index (κ3) is 2.56. The number of ketones is 1. The van der Waals surface area contributed by atoms with Crippen LogP contribution in [0, 0.1) is 6.92 Å². The number of aryl methyl sites for hydroxylation is 1. The van der Waals surface area contributed by atoms with E-state index >= 15 is 0 Å². The highest BCUT2D eigenvalue weighted by Crippen LogP contribution is 2.29. The van der Waals surface area contributed by atoms with Crippen molar-refractivity contribution in [2.45, 2.75) is 13.8 Å². The molecule has 0 heterocycles. The quantitative estimate of drug-likeness (QED) is 0.710. The van der Waals surface area contributed by atoms with Crippen LogP contribution in [-0.2, 0) is 0 Å². The molecule has 2 aromatic rings. The Kier molecular flexibility index (Phi) is 3.30. The normalized spacial score (nSPS) is 10.3. The molecule has 0 fully saturated rings. The number of hydrogen-bond donors (Lipinski definition) is 0. The average molecular weight is 245 g/mol. The molecule has 2 aromatic carbocycles. The molecule has 0 amide bonds. The Morgan fingerprint density at radius 2 is 1.88 bits per heavy atom. The van der Waals surface area contributed by atoms with Crippen LogP contribution >= 0.6 is 11.6 Å².